The van der Waals surface area contributed by atoms with E-state index in [4.69, 9.17) is 19.5 Å². The molecule has 1 heterocycles. The minimum absolute atomic E-state index is 0.0985. The Morgan fingerprint density at radius 2 is 2.00 bits per heavy atom. The highest BCUT2D eigenvalue weighted by Gasteiger charge is 2.35. The van der Waals surface area contributed by atoms with E-state index in [-0.39, 0.29) is 25.2 Å². The number of anilines is 1. The van der Waals surface area contributed by atoms with E-state index in [0.717, 1.165) is 6.07 Å². The molecular formula is C19H24F3N3O4. The molecule has 1 fully saturated rings. The standard InChI is InChI=1S/C19H24F3N3O4/c1-27-7-8-29-13-18(26)25-6-5-24(11-16(25)12-28-2)15-4-3-14(10-23)17(9-15)19(20,21)22/h3-4,9,16H,5-8,11-13H2,1-2H3. The van der Waals surface area contributed by atoms with Crippen molar-refractivity contribution in [3.8, 4) is 6.07 Å². The molecule has 1 unspecified atom stereocenters. The van der Waals surface area contributed by atoms with Gasteiger partial charge in [-0.05, 0) is 18.2 Å². The van der Waals surface area contributed by atoms with Crippen molar-refractivity contribution in [2.75, 3.05) is 65.2 Å². The number of rotatable bonds is 8. The van der Waals surface area contributed by atoms with Gasteiger partial charge < -0.3 is 24.0 Å². The predicted molar refractivity (Wildman–Crippen MR) is 98.4 cm³/mol. The molecule has 1 aliphatic rings. The van der Waals surface area contributed by atoms with Gasteiger partial charge in [-0.3, -0.25) is 4.79 Å². The van der Waals surface area contributed by atoms with E-state index in [1.165, 1.54) is 26.4 Å². The van der Waals surface area contributed by atoms with Gasteiger partial charge in [-0.15, -0.1) is 0 Å². The smallest absolute Gasteiger partial charge is 0.382 e. The first-order valence-electron chi connectivity index (χ1n) is 9.03. The Bertz CT molecular complexity index is 736. The Hall–Kier alpha value is -2.35. The number of alkyl halides is 3. The molecule has 0 aromatic heterocycles. The molecule has 29 heavy (non-hydrogen) atoms. The second-order valence-corrected chi connectivity index (χ2v) is 6.53. The molecule has 0 N–H and O–H groups in total. The van der Waals surface area contributed by atoms with Crippen LogP contribution in [0.4, 0.5) is 18.9 Å². The first-order valence-corrected chi connectivity index (χ1v) is 9.03. The average molecular weight is 415 g/mol. The van der Waals surface area contributed by atoms with Crippen molar-refractivity contribution in [2.45, 2.75) is 12.2 Å². The van der Waals surface area contributed by atoms with Crippen molar-refractivity contribution in [1.82, 2.24) is 4.90 Å². The van der Waals surface area contributed by atoms with Crippen LogP contribution in [0.15, 0.2) is 18.2 Å². The molecule has 0 bridgehead atoms. The number of halogens is 3. The van der Waals surface area contributed by atoms with E-state index >= 15 is 0 Å². The van der Waals surface area contributed by atoms with E-state index in [0.29, 0.717) is 38.5 Å². The van der Waals surface area contributed by atoms with E-state index < -0.39 is 17.3 Å². The minimum Gasteiger partial charge on any atom is -0.382 e. The fourth-order valence-electron chi connectivity index (χ4n) is 3.20. The second kappa shape index (κ2) is 10.4. The van der Waals surface area contributed by atoms with Gasteiger partial charge in [-0.2, -0.15) is 18.4 Å². The molecule has 1 aromatic rings. The molecule has 2 rings (SSSR count). The third kappa shape index (κ3) is 6.06. The fraction of sp³-hybridized carbons (Fsp3) is 0.579. The van der Waals surface area contributed by atoms with E-state index in [9.17, 15) is 18.0 Å². The van der Waals surface area contributed by atoms with Crippen molar-refractivity contribution in [2.24, 2.45) is 0 Å². The molecule has 1 atom stereocenters. The molecule has 0 spiro atoms. The SMILES string of the molecule is COCCOCC(=O)N1CCN(c2ccc(C#N)c(C(F)(F)F)c2)CC1COC. The second-order valence-electron chi connectivity index (χ2n) is 6.53. The zero-order valence-electron chi connectivity index (χ0n) is 16.4. The summed E-state index contributed by atoms with van der Waals surface area (Å²) >= 11 is 0. The normalized spacial score (nSPS) is 17.3. The van der Waals surface area contributed by atoms with Crippen LogP contribution < -0.4 is 4.90 Å². The number of hydrogen-bond donors (Lipinski definition) is 0. The van der Waals surface area contributed by atoms with E-state index in [1.54, 1.807) is 15.9 Å². The molecule has 10 heteroatoms. The molecule has 1 saturated heterocycles. The minimum atomic E-state index is -4.62. The highest BCUT2D eigenvalue weighted by molar-refractivity contribution is 5.78. The number of nitriles is 1. The van der Waals surface area contributed by atoms with E-state index in [2.05, 4.69) is 0 Å². The van der Waals surface area contributed by atoms with Crippen LogP contribution in [0.5, 0.6) is 0 Å². The summed E-state index contributed by atoms with van der Waals surface area (Å²) in [6, 6.07) is 4.88. The number of methoxy groups -OCH3 is 2. The number of amides is 1. The van der Waals surface area contributed by atoms with Crippen LogP contribution in [-0.2, 0) is 25.2 Å². The van der Waals surface area contributed by atoms with Gasteiger partial charge in [0.05, 0.1) is 43.1 Å². The molecular weight excluding hydrogens is 391 g/mol. The summed E-state index contributed by atoms with van der Waals surface area (Å²) in [5.41, 5.74) is -1.04. The van der Waals surface area contributed by atoms with Gasteiger partial charge in [0, 0.05) is 39.5 Å². The summed E-state index contributed by atoms with van der Waals surface area (Å²) in [5, 5.41) is 8.95. The number of carbonyl (C=O) groups is 1. The lowest BCUT2D eigenvalue weighted by atomic mass is 10.1. The van der Waals surface area contributed by atoms with Crippen LogP contribution in [0.3, 0.4) is 0 Å². The zero-order valence-corrected chi connectivity index (χ0v) is 16.4. The molecule has 1 aliphatic heterocycles. The van der Waals surface area contributed by atoms with Gasteiger partial charge >= 0.3 is 6.18 Å². The van der Waals surface area contributed by atoms with Crippen molar-refractivity contribution in [1.29, 1.82) is 5.26 Å². The quantitative estimate of drug-likeness (QED) is 0.604. The Morgan fingerprint density at radius 1 is 1.24 bits per heavy atom. The number of hydrogen-bond acceptors (Lipinski definition) is 6. The predicted octanol–water partition coefficient (Wildman–Crippen LogP) is 1.90. The summed E-state index contributed by atoms with van der Waals surface area (Å²) < 4.78 is 55.1. The van der Waals surface area contributed by atoms with Gasteiger partial charge in [0.15, 0.2) is 0 Å². The maximum atomic E-state index is 13.3. The third-order valence-electron chi connectivity index (χ3n) is 4.61. The van der Waals surface area contributed by atoms with Crippen LogP contribution in [0, 0.1) is 11.3 Å². The third-order valence-corrected chi connectivity index (χ3v) is 4.61. The fourth-order valence-corrected chi connectivity index (χ4v) is 3.20. The zero-order chi connectivity index (χ0) is 21.4. The molecule has 1 amide bonds. The topological polar surface area (TPSA) is 75.0 Å². The number of benzene rings is 1. The molecule has 160 valence electrons. The summed E-state index contributed by atoms with van der Waals surface area (Å²) in [5.74, 6) is -0.210. The molecule has 0 aliphatic carbocycles. The summed E-state index contributed by atoms with van der Waals surface area (Å²) in [7, 11) is 3.03. The Balaban J connectivity index is 2.13. The monoisotopic (exact) mass is 415 g/mol. The lowest BCUT2D eigenvalue weighted by Crippen LogP contribution is -2.57. The maximum Gasteiger partial charge on any atom is 0.417 e. The van der Waals surface area contributed by atoms with Crippen LogP contribution >= 0.6 is 0 Å². The first kappa shape index (κ1) is 22.9. The van der Waals surface area contributed by atoms with Crippen LogP contribution in [0.1, 0.15) is 11.1 Å². The lowest BCUT2D eigenvalue weighted by Gasteiger charge is -2.42. The Morgan fingerprint density at radius 3 is 2.62 bits per heavy atom. The first-order chi connectivity index (χ1) is 13.8. The summed E-state index contributed by atoms with van der Waals surface area (Å²) in [6.07, 6.45) is -4.62. The van der Waals surface area contributed by atoms with Crippen LogP contribution in [-0.4, -0.2) is 77.1 Å². The van der Waals surface area contributed by atoms with Crippen LogP contribution in [0.25, 0.3) is 0 Å². The number of nitrogens with zero attached hydrogens (tertiary/aromatic N) is 3. The highest BCUT2D eigenvalue weighted by Crippen LogP contribution is 2.34. The number of carbonyl (C=O) groups excluding carboxylic acids is 1. The van der Waals surface area contributed by atoms with Crippen molar-refractivity contribution < 1.29 is 32.2 Å². The number of piperazine rings is 1. The van der Waals surface area contributed by atoms with Gasteiger partial charge in [0.25, 0.3) is 0 Å². The highest BCUT2D eigenvalue weighted by atomic mass is 19.4. The molecule has 0 radical (unpaired) electrons. The maximum absolute atomic E-state index is 13.3. The summed E-state index contributed by atoms with van der Waals surface area (Å²) in [4.78, 5) is 15.8. The van der Waals surface area contributed by atoms with E-state index in [1.807, 2.05) is 0 Å². The largest absolute Gasteiger partial charge is 0.417 e. The Kier molecular flexibility index (Phi) is 8.25. The Labute approximate surface area is 167 Å². The molecule has 7 nitrogen and oxygen atoms in total. The van der Waals surface area contributed by atoms with Gasteiger partial charge in [0.1, 0.15) is 6.61 Å². The van der Waals surface area contributed by atoms with Crippen molar-refractivity contribution in [3.05, 3.63) is 29.3 Å². The van der Waals surface area contributed by atoms with Gasteiger partial charge in [0.2, 0.25) is 5.91 Å². The number of ether oxygens (including phenoxy) is 3. The lowest BCUT2D eigenvalue weighted by molar-refractivity contribution is -0.140. The van der Waals surface area contributed by atoms with Gasteiger partial charge in [-0.25, -0.2) is 0 Å². The van der Waals surface area contributed by atoms with Crippen LogP contribution in [0.2, 0.25) is 0 Å². The van der Waals surface area contributed by atoms with Crippen molar-refractivity contribution in [3.63, 3.8) is 0 Å². The van der Waals surface area contributed by atoms with Crippen molar-refractivity contribution >= 4 is 11.6 Å². The average Bonchev–Trinajstić information content (AvgIpc) is 2.70. The molecule has 1 aromatic carbocycles. The summed E-state index contributed by atoms with van der Waals surface area (Å²) in [6.45, 7) is 1.79. The molecule has 0 saturated carbocycles. The van der Waals surface area contributed by atoms with Gasteiger partial charge in [-0.1, -0.05) is 0 Å².